The molecule has 0 saturated carbocycles. The molecule has 0 radical (unpaired) electrons. The second kappa shape index (κ2) is 10.7. The molecule has 0 aliphatic heterocycles. The van der Waals surface area contributed by atoms with Crippen LogP contribution in [0.1, 0.15) is 59.8 Å². The first-order chi connectivity index (χ1) is 8.67. The van der Waals surface area contributed by atoms with Crippen LogP contribution in [0.3, 0.4) is 0 Å². The Labute approximate surface area is 112 Å². The zero-order chi connectivity index (χ0) is 13.9. The minimum atomic E-state index is -0.949. The van der Waals surface area contributed by atoms with Crippen molar-refractivity contribution in [3.63, 3.8) is 0 Å². The normalized spacial score (nSPS) is 13.8. The van der Waals surface area contributed by atoms with Crippen molar-refractivity contribution in [2.45, 2.75) is 72.1 Å². The number of unbranched alkanes of at least 4 members (excludes halogenated alkanes) is 1. The van der Waals surface area contributed by atoms with Crippen LogP contribution in [0.5, 0.6) is 0 Å². The van der Waals surface area contributed by atoms with Crippen LogP contribution in [-0.2, 0) is 18.9 Å². The molecule has 0 aliphatic carbocycles. The number of hydrogen-bond acceptors (Lipinski definition) is 4. The lowest BCUT2D eigenvalue weighted by molar-refractivity contribution is -0.418. The molecular formula is C14H30O4. The fourth-order valence-electron chi connectivity index (χ4n) is 1.81. The van der Waals surface area contributed by atoms with Crippen molar-refractivity contribution >= 4 is 0 Å². The molecule has 0 spiro atoms. The van der Waals surface area contributed by atoms with Crippen molar-refractivity contribution in [1.82, 2.24) is 0 Å². The number of ether oxygens (including phenoxy) is 4. The van der Waals surface area contributed by atoms with E-state index < -0.39 is 5.97 Å². The maximum absolute atomic E-state index is 5.94. The van der Waals surface area contributed by atoms with E-state index in [-0.39, 0.29) is 6.29 Å². The van der Waals surface area contributed by atoms with Crippen LogP contribution in [0.2, 0.25) is 0 Å². The van der Waals surface area contributed by atoms with Crippen LogP contribution < -0.4 is 0 Å². The summed E-state index contributed by atoms with van der Waals surface area (Å²) in [4.78, 5) is 0. The lowest BCUT2D eigenvalue weighted by Crippen LogP contribution is -2.43. The van der Waals surface area contributed by atoms with E-state index in [0.29, 0.717) is 13.2 Å². The Bertz CT molecular complexity index is 179. The monoisotopic (exact) mass is 262 g/mol. The summed E-state index contributed by atoms with van der Waals surface area (Å²) in [6.07, 6.45) is 4.38. The molecule has 1 unspecified atom stereocenters. The summed E-state index contributed by atoms with van der Waals surface area (Å²) in [5.74, 6) is -0.949. The molecule has 0 fully saturated rings. The molecule has 0 amide bonds. The van der Waals surface area contributed by atoms with E-state index in [0.717, 1.165) is 32.1 Å². The Morgan fingerprint density at radius 2 is 1.56 bits per heavy atom. The highest BCUT2D eigenvalue weighted by Crippen LogP contribution is 2.26. The minimum Gasteiger partial charge on any atom is -0.356 e. The summed E-state index contributed by atoms with van der Waals surface area (Å²) in [5, 5.41) is 0. The van der Waals surface area contributed by atoms with Gasteiger partial charge < -0.3 is 14.2 Å². The molecule has 0 N–H and O–H groups in total. The third kappa shape index (κ3) is 6.69. The smallest absolute Gasteiger partial charge is 0.285 e. The van der Waals surface area contributed by atoms with Crippen molar-refractivity contribution < 1.29 is 18.9 Å². The molecule has 0 saturated heterocycles. The Balaban J connectivity index is 4.65. The maximum atomic E-state index is 5.94. The summed E-state index contributed by atoms with van der Waals surface area (Å²) in [7, 11) is 1.66. The maximum Gasteiger partial charge on any atom is 0.285 e. The van der Waals surface area contributed by atoms with Crippen LogP contribution >= 0.6 is 0 Å². The van der Waals surface area contributed by atoms with Crippen molar-refractivity contribution in [2.24, 2.45) is 0 Å². The second-order valence-corrected chi connectivity index (χ2v) is 4.22. The van der Waals surface area contributed by atoms with Crippen molar-refractivity contribution in [3.05, 3.63) is 0 Å². The number of rotatable bonds is 12. The Morgan fingerprint density at radius 3 is 1.94 bits per heavy atom. The zero-order valence-electron chi connectivity index (χ0n) is 12.7. The molecule has 110 valence electrons. The molecular weight excluding hydrogens is 232 g/mol. The van der Waals surface area contributed by atoms with E-state index in [1.165, 1.54) is 0 Å². The van der Waals surface area contributed by atoms with Gasteiger partial charge in [-0.2, -0.15) is 0 Å². The van der Waals surface area contributed by atoms with Crippen LogP contribution in [0, 0.1) is 0 Å². The van der Waals surface area contributed by atoms with Gasteiger partial charge in [0.05, 0.1) is 0 Å². The van der Waals surface area contributed by atoms with Crippen LogP contribution in [-0.4, -0.2) is 32.6 Å². The third-order valence-electron chi connectivity index (χ3n) is 2.66. The predicted octanol–water partition coefficient (Wildman–Crippen LogP) is 3.69. The summed E-state index contributed by atoms with van der Waals surface area (Å²) >= 11 is 0. The predicted molar refractivity (Wildman–Crippen MR) is 72.3 cm³/mol. The van der Waals surface area contributed by atoms with Gasteiger partial charge in [0.25, 0.3) is 5.97 Å². The van der Waals surface area contributed by atoms with Crippen molar-refractivity contribution in [3.8, 4) is 0 Å². The molecule has 0 bridgehead atoms. The van der Waals surface area contributed by atoms with Gasteiger partial charge >= 0.3 is 0 Å². The summed E-state index contributed by atoms with van der Waals surface area (Å²) in [5.41, 5.74) is 0. The van der Waals surface area contributed by atoms with Gasteiger partial charge in [-0.3, -0.25) is 4.74 Å². The van der Waals surface area contributed by atoms with Gasteiger partial charge in [0.1, 0.15) is 0 Å². The first-order valence-corrected chi connectivity index (χ1v) is 7.16. The average Bonchev–Trinajstić information content (AvgIpc) is 2.36. The van der Waals surface area contributed by atoms with E-state index in [4.69, 9.17) is 18.9 Å². The van der Waals surface area contributed by atoms with E-state index in [2.05, 4.69) is 13.8 Å². The molecule has 0 aliphatic rings. The van der Waals surface area contributed by atoms with E-state index >= 15 is 0 Å². The number of methoxy groups -OCH3 is 1. The average molecular weight is 262 g/mol. The zero-order valence-corrected chi connectivity index (χ0v) is 12.7. The van der Waals surface area contributed by atoms with Crippen molar-refractivity contribution in [1.29, 1.82) is 0 Å². The van der Waals surface area contributed by atoms with Crippen LogP contribution in [0.4, 0.5) is 0 Å². The van der Waals surface area contributed by atoms with Gasteiger partial charge in [0.2, 0.25) is 0 Å². The summed E-state index contributed by atoms with van der Waals surface area (Å²) in [6.45, 7) is 9.26. The lowest BCUT2D eigenvalue weighted by Gasteiger charge is -2.35. The topological polar surface area (TPSA) is 36.9 Å². The van der Waals surface area contributed by atoms with Gasteiger partial charge in [0.15, 0.2) is 6.29 Å². The van der Waals surface area contributed by atoms with Crippen molar-refractivity contribution in [2.75, 3.05) is 20.3 Å². The summed E-state index contributed by atoms with van der Waals surface area (Å²) in [6, 6.07) is 0. The SMILES string of the molecule is CCCCC(OCC)(OCC)OC(CCC)OC. The number of hydrogen-bond donors (Lipinski definition) is 0. The first-order valence-electron chi connectivity index (χ1n) is 7.16. The van der Waals surface area contributed by atoms with E-state index in [1.54, 1.807) is 7.11 Å². The fraction of sp³-hybridized carbons (Fsp3) is 1.00. The van der Waals surface area contributed by atoms with Crippen LogP contribution in [0.15, 0.2) is 0 Å². The molecule has 0 rings (SSSR count). The highest BCUT2D eigenvalue weighted by Gasteiger charge is 2.35. The lowest BCUT2D eigenvalue weighted by atomic mass is 10.2. The Morgan fingerprint density at radius 1 is 0.944 bits per heavy atom. The first kappa shape index (κ1) is 17.8. The quantitative estimate of drug-likeness (QED) is 0.503. The molecule has 18 heavy (non-hydrogen) atoms. The standard InChI is InChI=1S/C14H30O4/c1-6-10-12-14(16-8-3,17-9-4)18-13(15-5)11-7-2/h13H,6-12H2,1-5H3. The van der Waals surface area contributed by atoms with Crippen LogP contribution in [0.25, 0.3) is 0 Å². The second-order valence-electron chi connectivity index (χ2n) is 4.22. The minimum absolute atomic E-state index is 0.273. The molecule has 0 aromatic heterocycles. The highest BCUT2D eigenvalue weighted by molar-refractivity contribution is 4.60. The van der Waals surface area contributed by atoms with Gasteiger partial charge in [0, 0.05) is 26.7 Å². The molecule has 4 heteroatoms. The largest absolute Gasteiger partial charge is 0.356 e. The van der Waals surface area contributed by atoms with E-state index in [1.807, 2.05) is 13.8 Å². The molecule has 0 aromatic carbocycles. The fourth-order valence-corrected chi connectivity index (χ4v) is 1.81. The van der Waals surface area contributed by atoms with Gasteiger partial charge in [-0.15, -0.1) is 0 Å². The molecule has 4 nitrogen and oxygen atoms in total. The van der Waals surface area contributed by atoms with Gasteiger partial charge in [-0.25, -0.2) is 0 Å². The highest BCUT2D eigenvalue weighted by atomic mass is 16.9. The Hall–Kier alpha value is -0.160. The van der Waals surface area contributed by atoms with Gasteiger partial charge in [-0.05, 0) is 26.7 Å². The van der Waals surface area contributed by atoms with E-state index in [9.17, 15) is 0 Å². The summed E-state index contributed by atoms with van der Waals surface area (Å²) < 4.78 is 22.7. The van der Waals surface area contributed by atoms with Gasteiger partial charge in [-0.1, -0.05) is 26.7 Å². The third-order valence-corrected chi connectivity index (χ3v) is 2.66. The molecule has 0 aromatic rings. The molecule has 0 heterocycles. The Kier molecular flexibility index (Phi) is 10.6. The molecule has 1 atom stereocenters.